The number of likely N-dealkylation sites (N-methyl/N-ethyl adjacent to an activating group) is 1. The first-order valence-corrected chi connectivity index (χ1v) is 8.79. The number of piperazine rings is 1. The molecule has 4 nitrogen and oxygen atoms in total. The van der Waals surface area contributed by atoms with Crippen LogP contribution < -0.4 is 9.47 Å². The lowest BCUT2D eigenvalue weighted by atomic mass is 10.3. The number of benzene rings is 1. The van der Waals surface area contributed by atoms with Crippen molar-refractivity contribution in [1.29, 1.82) is 0 Å². The molecule has 136 valence electrons. The fourth-order valence-corrected chi connectivity index (χ4v) is 2.95. The summed E-state index contributed by atoms with van der Waals surface area (Å²) in [5.41, 5.74) is 0. The molecule has 1 aromatic carbocycles. The summed E-state index contributed by atoms with van der Waals surface area (Å²) in [6.07, 6.45) is -3.88. The molecule has 2 rings (SSSR count). The van der Waals surface area contributed by atoms with Crippen LogP contribution in [0.4, 0.5) is 13.2 Å². The monoisotopic (exact) mass is 410 g/mol. The van der Waals surface area contributed by atoms with Crippen molar-refractivity contribution in [1.82, 2.24) is 9.80 Å². The lowest BCUT2D eigenvalue weighted by molar-refractivity contribution is -0.274. The van der Waals surface area contributed by atoms with Crippen molar-refractivity contribution in [3.8, 4) is 11.5 Å². The fraction of sp³-hybridized carbons (Fsp3) is 0.625. The van der Waals surface area contributed by atoms with Gasteiger partial charge in [0.2, 0.25) is 0 Å². The van der Waals surface area contributed by atoms with Crippen LogP contribution in [-0.2, 0) is 0 Å². The van der Waals surface area contributed by atoms with E-state index < -0.39 is 6.36 Å². The minimum atomic E-state index is -4.70. The van der Waals surface area contributed by atoms with Gasteiger partial charge < -0.3 is 19.3 Å². The fourth-order valence-electron chi connectivity index (χ4n) is 2.59. The lowest BCUT2D eigenvalue weighted by Gasteiger charge is -2.33. The van der Waals surface area contributed by atoms with Gasteiger partial charge in [-0.15, -0.1) is 13.2 Å². The van der Waals surface area contributed by atoms with Crippen LogP contribution in [0, 0.1) is 0 Å². The van der Waals surface area contributed by atoms with Gasteiger partial charge in [0.25, 0.3) is 0 Å². The number of rotatable bonds is 7. The highest BCUT2D eigenvalue weighted by Crippen LogP contribution is 2.32. The number of nitrogens with zero attached hydrogens (tertiary/aromatic N) is 2. The third kappa shape index (κ3) is 6.49. The second kappa shape index (κ2) is 8.92. The molecule has 1 aliphatic heterocycles. The van der Waals surface area contributed by atoms with Crippen LogP contribution in [0.1, 0.15) is 13.3 Å². The third-order valence-corrected chi connectivity index (χ3v) is 4.58. The first-order chi connectivity index (χ1) is 11.4. The highest BCUT2D eigenvalue weighted by molar-refractivity contribution is 9.10. The second-order valence-corrected chi connectivity index (χ2v) is 6.47. The molecule has 1 fully saturated rings. The minimum absolute atomic E-state index is 0.281. The van der Waals surface area contributed by atoms with Crippen molar-refractivity contribution >= 4 is 15.9 Å². The number of ether oxygens (including phenoxy) is 2. The number of hydrogen-bond acceptors (Lipinski definition) is 4. The van der Waals surface area contributed by atoms with E-state index in [0.717, 1.165) is 45.7 Å². The summed E-state index contributed by atoms with van der Waals surface area (Å²) in [5.74, 6) is 0.0731. The van der Waals surface area contributed by atoms with Crippen molar-refractivity contribution in [2.24, 2.45) is 0 Å². The summed E-state index contributed by atoms with van der Waals surface area (Å²) < 4.78 is 46.9. The molecule has 1 aliphatic rings. The molecule has 0 aliphatic carbocycles. The average molecular weight is 411 g/mol. The standard InChI is InChI=1S/C16H22BrF3N2O2/c1-2-21-7-9-22(10-8-21)6-3-11-23-15-12-13(4-5-14(15)17)24-16(18,19)20/h4-5,12H,2-3,6-11H2,1H3. The van der Waals surface area contributed by atoms with Crippen molar-refractivity contribution in [3.05, 3.63) is 22.7 Å². The van der Waals surface area contributed by atoms with E-state index in [9.17, 15) is 13.2 Å². The van der Waals surface area contributed by atoms with Crippen LogP contribution in [0.15, 0.2) is 22.7 Å². The summed E-state index contributed by atoms with van der Waals surface area (Å²) in [6.45, 7) is 8.88. The Labute approximate surface area is 148 Å². The predicted molar refractivity (Wildman–Crippen MR) is 89.5 cm³/mol. The largest absolute Gasteiger partial charge is 0.573 e. The lowest BCUT2D eigenvalue weighted by Crippen LogP contribution is -2.46. The molecule has 0 aromatic heterocycles. The minimum Gasteiger partial charge on any atom is -0.492 e. The third-order valence-electron chi connectivity index (χ3n) is 3.92. The molecule has 0 saturated carbocycles. The van der Waals surface area contributed by atoms with Gasteiger partial charge in [-0.1, -0.05) is 6.92 Å². The maximum atomic E-state index is 12.3. The Bertz CT molecular complexity index is 521. The normalized spacial score (nSPS) is 17.0. The zero-order chi connectivity index (χ0) is 17.6. The Morgan fingerprint density at radius 1 is 1.12 bits per heavy atom. The van der Waals surface area contributed by atoms with Crippen molar-refractivity contribution in [3.63, 3.8) is 0 Å². The second-order valence-electron chi connectivity index (χ2n) is 5.62. The Hall–Kier alpha value is -0.990. The molecule has 8 heteroatoms. The summed E-state index contributed by atoms with van der Waals surface area (Å²) in [6, 6.07) is 3.98. The van der Waals surface area contributed by atoms with Gasteiger partial charge in [0, 0.05) is 38.8 Å². The Morgan fingerprint density at radius 3 is 2.42 bits per heavy atom. The van der Waals surface area contributed by atoms with Gasteiger partial charge in [0.05, 0.1) is 11.1 Å². The van der Waals surface area contributed by atoms with Gasteiger partial charge in [-0.25, -0.2) is 0 Å². The first kappa shape index (κ1) is 19.3. The van der Waals surface area contributed by atoms with Crippen molar-refractivity contribution in [2.45, 2.75) is 19.7 Å². The van der Waals surface area contributed by atoms with Crippen molar-refractivity contribution in [2.75, 3.05) is 45.9 Å². The van der Waals surface area contributed by atoms with E-state index in [2.05, 4.69) is 37.4 Å². The number of alkyl halides is 3. The van der Waals surface area contributed by atoms with E-state index in [0.29, 0.717) is 16.8 Å². The molecular weight excluding hydrogens is 389 g/mol. The molecular formula is C16H22BrF3N2O2. The highest BCUT2D eigenvalue weighted by Gasteiger charge is 2.31. The Balaban J connectivity index is 1.75. The molecule has 0 spiro atoms. The molecule has 0 unspecified atom stereocenters. The van der Waals surface area contributed by atoms with Gasteiger partial charge in [-0.05, 0) is 41.0 Å². The molecule has 0 N–H and O–H groups in total. The van der Waals surface area contributed by atoms with E-state index >= 15 is 0 Å². The van der Waals surface area contributed by atoms with Gasteiger partial charge >= 0.3 is 6.36 Å². The first-order valence-electron chi connectivity index (χ1n) is 8.00. The SMILES string of the molecule is CCN1CCN(CCCOc2cc(OC(F)(F)F)ccc2Br)CC1. The molecule has 1 aromatic rings. The highest BCUT2D eigenvalue weighted by atomic mass is 79.9. The van der Waals surface area contributed by atoms with Crippen LogP contribution in [0.5, 0.6) is 11.5 Å². The van der Waals surface area contributed by atoms with E-state index in [1.54, 1.807) is 0 Å². The Kier molecular flexibility index (Phi) is 7.18. The van der Waals surface area contributed by atoms with Gasteiger partial charge in [-0.3, -0.25) is 0 Å². The van der Waals surface area contributed by atoms with E-state index in [1.807, 2.05) is 0 Å². The van der Waals surface area contributed by atoms with Gasteiger partial charge in [0.15, 0.2) is 0 Å². The molecule has 0 atom stereocenters. The molecule has 1 heterocycles. The summed E-state index contributed by atoms with van der Waals surface area (Å²) in [4.78, 5) is 4.80. The van der Waals surface area contributed by atoms with Gasteiger partial charge in [0.1, 0.15) is 11.5 Å². The molecule has 0 bridgehead atoms. The van der Waals surface area contributed by atoms with E-state index in [1.165, 1.54) is 18.2 Å². The molecule has 1 saturated heterocycles. The number of halogens is 4. The summed E-state index contributed by atoms with van der Waals surface area (Å²) in [7, 11) is 0. The van der Waals surface area contributed by atoms with E-state index in [-0.39, 0.29) is 5.75 Å². The van der Waals surface area contributed by atoms with Crippen LogP contribution in [-0.4, -0.2) is 62.0 Å². The van der Waals surface area contributed by atoms with E-state index in [4.69, 9.17) is 4.74 Å². The smallest absolute Gasteiger partial charge is 0.492 e. The molecule has 0 amide bonds. The van der Waals surface area contributed by atoms with Crippen LogP contribution >= 0.6 is 15.9 Å². The molecule has 24 heavy (non-hydrogen) atoms. The molecule has 0 radical (unpaired) electrons. The van der Waals surface area contributed by atoms with Crippen molar-refractivity contribution < 1.29 is 22.6 Å². The maximum Gasteiger partial charge on any atom is 0.573 e. The Morgan fingerprint density at radius 2 is 1.79 bits per heavy atom. The zero-order valence-electron chi connectivity index (χ0n) is 13.6. The van der Waals surface area contributed by atoms with Crippen LogP contribution in [0.2, 0.25) is 0 Å². The zero-order valence-corrected chi connectivity index (χ0v) is 15.2. The topological polar surface area (TPSA) is 24.9 Å². The van der Waals surface area contributed by atoms with Crippen LogP contribution in [0.3, 0.4) is 0 Å². The van der Waals surface area contributed by atoms with Crippen LogP contribution in [0.25, 0.3) is 0 Å². The average Bonchev–Trinajstić information content (AvgIpc) is 2.53. The summed E-state index contributed by atoms with van der Waals surface area (Å²) >= 11 is 3.28. The van der Waals surface area contributed by atoms with Gasteiger partial charge in [-0.2, -0.15) is 0 Å². The number of hydrogen-bond donors (Lipinski definition) is 0. The predicted octanol–water partition coefficient (Wildman–Crippen LogP) is 3.75. The quantitative estimate of drug-likeness (QED) is 0.639. The summed E-state index contributed by atoms with van der Waals surface area (Å²) in [5, 5.41) is 0. The maximum absolute atomic E-state index is 12.3.